The Labute approximate surface area is 179 Å². The number of carbonyl (C=O) groups excluding carboxylic acids is 1. The number of ether oxygens (including phenoxy) is 3. The van der Waals surface area contributed by atoms with Gasteiger partial charge in [0, 0.05) is 5.56 Å². The van der Waals surface area contributed by atoms with E-state index in [1.165, 1.54) is 0 Å². The van der Waals surface area contributed by atoms with Gasteiger partial charge in [0.1, 0.15) is 5.75 Å². The first kappa shape index (κ1) is 22.0. The minimum absolute atomic E-state index is 0.289. The fraction of sp³-hybridized carbons (Fsp3) is 0.333. The maximum atomic E-state index is 12.2. The molecule has 0 aromatic heterocycles. The van der Waals surface area contributed by atoms with Gasteiger partial charge in [0.05, 0.1) is 30.1 Å². The summed E-state index contributed by atoms with van der Waals surface area (Å²) in [4.78, 5) is 12.2. The van der Waals surface area contributed by atoms with Gasteiger partial charge in [-0.1, -0.05) is 13.8 Å². The summed E-state index contributed by atoms with van der Waals surface area (Å²) in [7, 11) is 1.60. The minimum atomic E-state index is -0.289. The molecule has 0 aliphatic carbocycles. The number of methoxy groups -OCH3 is 1. The summed E-state index contributed by atoms with van der Waals surface area (Å²) in [5.74, 6) is 1.81. The topological polar surface area (TPSA) is 69.2 Å². The summed E-state index contributed by atoms with van der Waals surface area (Å²) < 4.78 is 17.6. The molecule has 0 spiro atoms. The highest BCUT2D eigenvalue weighted by atomic mass is 127. The minimum Gasteiger partial charge on any atom is -0.494 e. The zero-order valence-electron chi connectivity index (χ0n) is 16.3. The molecule has 0 heterocycles. The van der Waals surface area contributed by atoms with Crippen LogP contribution >= 0.6 is 22.6 Å². The van der Waals surface area contributed by atoms with E-state index < -0.39 is 0 Å². The summed E-state index contributed by atoms with van der Waals surface area (Å²) in [5, 5.41) is 4.04. The molecule has 0 bridgehead atoms. The first-order chi connectivity index (χ1) is 13.6. The molecule has 0 aliphatic heterocycles. The van der Waals surface area contributed by atoms with Crippen molar-refractivity contribution in [2.75, 3.05) is 20.3 Å². The molecule has 0 saturated heterocycles. The normalized spacial score (nSPS) is 10.7. The van der Waals surface area contributed by atoms with Crippen LogP contribution in [0, 0.1) is 3.57 Å². The molecule has 1 amide bonds. The fourth-order valence-corrected chi connectivity index (χ4v) is 3.09. The Morgan fingerprint density at radius 3 is 2.43 bits per heavy atom. The summed E-state index contributed by atoms with van der Waals surface area (Å²) in [6, 6.07) is 10.7. The highest BCUT2D eigenvalue weighted by Gasteiger charge is 2.11. The van der Waals surface area contributed by atoms with Crippen molar-refractivity contribution in [2.24, 2.45) is 5.10 Å². The summed E-state index contributed by atoms with van der Waals surface area (Å²) in [5.41, 5.74) is 3.84. The molecule has 0 saturated carbocycles. The second kappa shape index (κ2) is 11.5. The maximum absolute atomic E-state index is 12.2. The number of halogens is 1. The Morgan fingerprint density at radius 2 is 1.79 bits per heavy atom. The number of nitrogens with one attached hydrogen (secondary N) is 1. The lowest BCUT2D eigenvalue weighted by Gasteiger charge is -2.12. The van der Waals surface area contributed by atoms with Crippen LogP contribution < -0.4 is 19.6 Å². The molecule has 0 unspecified atom stereocenters. The quantitative estimate of drug-likeness (QED) is 0.296. The van der Waals surface area contributed by atoms with E-state index in [4.69, 9.17) is 14.2 Å². The van der Waals surface area contributed by atoms with Gasteiger partial charge in [0.25, 0.3) is 5.91 Å². The van der Waals surface area contributed by atoms with Crippen molar-refractivity contribution < 1.29 is 19.0 Å². The van der Waals surface area contributed by atoms with Crippen LogP contribution in [0.2, 0.25) is 0 Å². The lowest BCUT2D eigenvalue weighted by molar-refractivity contribution is 0.0955. The van der Waals surface area contributed by atoms with Crippen molar-refractivity contribution in [3.05, 3.63) is 51.1 Å². The van der Waals surface area contributed by atoms with E-state index in [-0.39, 0.29) is 5.91 Å². The molecule has 28 heavy (non-hydrogen) atoms. The van der Waals surface area contributed by atoms with Crippen molar-refractivity contribution in [2.45, 2.75) is 26.7 Å². The first-order valence-electron chi connectivity index (χ1n) is 9.15. The third-order valence-electron chi connectivity index (χ3n) is 3.67. The van der Waals surface area contributed by atoms with Crippen molar-refractivity contribution in [3.8, 4) is 17.2 Å². The fourth-order valence-electron chi connectivity index (χ4n) is 2.31. The summed E-state index contributed by atoms with van der Waals surface area (Å²) in [6.07, 6.45) is 3.43. The number of hydrazone groups is 1. The van der Waals surface area contributed by atoms with Crippen molar-refractivity contribution >= 4 is 34.7 Å². The second-order valence-electron chi connectivity index (χ2n) is 5.95. The molecule has 0 radical (unpaired) electrons. The van der Waals surface area contributed by atoms with Crippen LogP contribution in [-0.2, 0) is 0 Å². The van der Waals surface area contributed by atoms with Crippen molar-refractivity contribution in [1.82, 2.24) is 5.43 Å². The Hall–Kier alpha value is -2.29. The van der Waals surface area contributed by atoms with E-state index in [1.54, 1.807) is 37.6 Å². The SMILES string of the molecule is CCCOc1ccc(C(=O)N/N=C\c2cc(I)c(OCCC)c(OC)c2)cc1. The van der Waals surface area contributed by atoms with Crippen LogP contribution in [0.25, 0.3) is 0 Å². The lowest BCUT2D eigenvalue weighted by Crippen LogP contribution is -2.17. The zero-order chi connectivity index (χ0) is 20.4. The van der Waals surface area contributed by atoms with Gasteiger partial charge in [-0.3, -0.25) is 4.79 Å². The van der Waals surface area contributed by atoms with Crippen molar-refractivity contribution in [3.63, 3.8) is 0 Å². The molecule has 2 aromatic carbocycles. The van der Waals surface area contributed by atoms with Gasteiger partial charge in [-0.25, -0.2) is 5.43 Å². The first-order valence-corrected chi connectivity index (χ1v) is 10.2. The molecule has 6 nitrogen and oxygen atoms in total. The Kier molecular flexibility index (Phi) is 9.06. The van der Waals surface area contributed by atoms with E-state index in [0.717, 1.165) is 33.5 Å². The van der Waals surface area contributed by atoms with E-state index in [1.807, 2.05) is 19.1 Å². The Bertz CT molecular complexity index is 807. The molecule has 1 N–H and O–H groups in total. The number of hydrogen-bond donors (Lipinski definition) is 1. The monoisotopic (exact) mass is 496 g/mol. The van der Waals surface area contributed by atoms with Gasteiger partial charge in [0.15, 0.2) is 11.5 Å². The number of amides is 1. The molecule has 0 fully saturated rings. The van der Waals surface area contributed by atoms with Gasteiger partial charge in [-0.2, -0.15) is 5.10 Å². The van der Waals surface area contributed by atoms with Crippen LogP contribution in [0.3, 0.4) is 0 Å². The average molecular weight is 496 g/mol. The molecule has 2 rings (SSSR count). The molecule has 150 valence electrons. The largest absolute Gasteiger partial charge is 0.494 e. The molecule has 7 heteroatoms. The summed E-state index contributed by atoms with van der Waals surface area (Å²) >= 11 is 2.20. The Morgan fingerprint density at radius 1 is 1.11 bits per heavy atom. The average Bonchev–Trinajstić information content (AvgIpc) is 2.71. The van der Waals surface area contributed by atoms with Crippen LogP contribution in [0.15, 0.2) is 41.5 Å². The number of carbonyl (C=O) groups is 1. The molecule has 2 aromatic rings. The number of rotatable bonds is 10. The van der Waals surface area contributed by atoms with Crippen molar-refractivity contribution in [1.29, 1.82) is 0 Å². The van der Waals surface area contributed by atoms with Gasteiger partial charge in [0.2, 0.25) is 0 Å². The lowest BCUT2D eigenvalue weighted by atomic mass is 10.2. The number of benzene rings is 2. The van der Waals surface area contributed by atoms with Crippen LogP contribution in [0.5, 0.6) is 17.2 Å². The maximum Gasteiger partial charge on any atom is 0.271 e. The smallest absolute Gasteiger partial charge is 0.271 e. The number of hydrogen-bond acceptors (Lipinski definition) is 5. The van der Waals surface area contributed by atoms with E-state index in [2.05, 4.69) is 40.0 Å². The highest BCUT2D eigenvalue weighted by Crippen LogP contribution is 2.33. The predicted octanol–water partition coefficient (Wildman–Crippen LogP) is 4.64. The van der Waals surface area contributed by atoms with Crippen LogP contribution in [-0.4, -0.2) is 32.4 Å². The highest BCUT2D eigenvalue weighted by molar-refractivity contribution is 14.1. The molecule has 0 atom stereocenters. The molecular formula is C21H25IN2O4. The van der Waals surface area contributed by atoms with Crippen LogP contribution in [0.4, 0.5) is 0 Å². The van der Waals surface area contributed by atoms with Gasteiger partial charge >= 0.3 is 0 Å². The zero-order valence-corrected chi connectivity index (χ0v) is 18.5. The van der Waals surface area contributed by atoms with Gasteiger partial charge in [-0.15, -0.1) is 0 Å². The van der Waals surface area contributed by atoms with E-state index >= 15 is 0 Å². The van der Waals surface area contributed by atoms with Gasteiger partial charge in [-0.05, 0) is 77.4 Å². The predicted molar refractivity (Wildman–Crippen MR) is 119 cm³/mol. The third-order valence-corrected chi connectivity index (χ3v) is 4.47. The van der Waals surface area contributed by atoms with Crippen LogP contribution in [0.1, 0.15) is 42.6 Å². The third kappa shape index (κ3) is 6.40. The standard InChI is InChI=1S/C21H25IN2O4/c1-4-10-27-17-8-6-16(7-9-17)21(25)24-23-14-15-12-18(22)20(28-11-5-2)19(13-15)26-3/h6-9,12-14H,4-5,10-11H2,1-3H3,(H,24,25)/b23-14-. The second-order valence-corrected chi connectivity index (χ2v) is 7.12. The Balaban J connectivity index is 2.01. The van der Waals surface area contributed by atoms with E-state index in [0.29, 0.717) is 24.5 Å². The van der Waals surface area contributed by atoms with E-state index in [9.17, 15) is 4.79 Å². The molecule has 0 aliphatic rings. The van der Waals surface area contributed by atoms with Gasteiger partial charge < -0.3 is 14.2 Å². The molecular weight excluding hydrogens is 471 g/mol. The summed E-state index contributed by atoms with van der Waals surface area (Å²) in [6.45, 7) is 5.37. The number of nitrogens with zero attached hydrogens (tertiary/aromatic N) is 1.